The summed E-state index contributed by atoms with van der Waals surface area (Å²) in [7, 11) is -5.25. The quantitative estimate of drug-likeness (QED) is 0.213. The molecule has 0 aromatic rings. The predicted octanol–water partition coefficient (Wildman–Crippen LogP) is 3.05. The molecule has 1 rings (SSSR count). The van der Waals surface area contributed by atoms with Gasteiger partial charge in [0.2, 0.25) is 0 Å². The third kappa shape index (κ3) is 9.03. The number of aliphatic imine (C=N–C) groups is 1. The number of hydrogen-bond acceptors (Lipinski definition) is 4. The molecule has 0 radical (unpaired) electrons. The van der Waals surface area contributed by atoms with Crippen molar-refractivity contribution in [3.63, 3.8) is 0 Å². The lowest BCUT2D eigenvalue weighted by Gasteiger charge is -2.32. The molecule has 3 N–H and O–H groups in total. The molecule has 0 atom stereocenters. The minimum absolute atomic E-state index is 0. The van der Waals surface area contributed by atoms with Crippen LogP contribution in [-0.2, 0) is 10.0 Å². The molecule has 1 saturated heterocycles. The molecule has 12 heteroatoms. The van der Waals surface area contributed by atoms with Crippen LogP contribution < -0.4 is 10.6 Å². The van der Waals surface area contributed by atoms with Crippen molar-refractivity contribution < 1.29 is 26.7 Å². The number of hydrogen-bond donors (Lipinski definition) is 3. The van der Waals surface area contributed by atoms with Crippen molar-refractivity contribution in [2.75, 3.05) is 32.7 Å². The van der Waals surface area contributed by atoms with E-state index in [1.807, 2.05) is 20.8 Å². The average molecular weight is 572 g/mol. The van der Waals surface area contributed by atoms with E-state index in [-0.39, 0.29) is 49.5 Å². The summed E-state index contributed by atoms with van der Waals surface area (Å²) < 4.78 is 61.5. The van der Waals surface area contributed by atoms with Crippen molar-refractivity contribution in [2.24, 2.45) is 10.9 Å². The van der Waals surface area contributed by atoms with Crippen LogP contribution in [-0.4, -0.2) is 67.6 Å². The van der Waals surface area contributed by atoms with Crippen LogP contribution in [0.25, 0.3) is 0 Å². The Morgan fingerprint density at radius 2 is 1.63 bits per heavy atom. The largest absolute Gasteiger partial charge is 0.511 e. The van der Waals surface area contributed by atoms with Crippen LogP contribution in [0, 0.1) is 5.92 Å². The van der Waals surface area contributed by atoms with Crippen LogP contribution in [0.4, 0.5) is 13.2 Å². The van der Waals surface area contributed by atoms with Crippen LogP contribution in [0.5, 0.6) is 0 Å². The van der Waals surface area contributed by atoms with Gasteiger partial charge < -0.3 is 15.7 Å². The predicted molar refractivity (Wildman–Crippen MR) is 123 cm³/mol. The zero-order valence-electron chi connectivity index (χ0n) is 18.0. The number of piperidine rings is 1. The molecule has 0 amide bonds. The smallest absolute Gasteiger partial charge is 0.388 e. The van der Waals surface area contributed by atoms with Crippen LogP contribution in [0.15, 0.2) is 4.99 Å². The second kappa shape index (κ2) is 13.3. The first-order valence-electron chi connectivity index (χ1n) is 10.3. The van der Waals surface area contributed by atoms with Crippen LogP contribution in [0.3, 0.4) is 0 Å². The van der Waals surface area contributed by atoms with Gasteiger partial charge in [-0.3, -0.25) is 4.99 Å². The van der Waals surface area contributed by atoms with Crippen LogP contribution in [0.2, 0.25) is 0 Å². The van der Waals surface area contributed by atoms with Crippen molar-refractivity contribution in [3.05, 3.63) is 0 Å². The highest BCUT2D eigenvalue weighted by atomic mass is 127. The van der Waals surface area contributed by atoms with Gasteiger partial charge in [0.15, 0.2) is 5.96 Å². The van der Waals surface area contributed by atoms with Gasteiger partial charge in [-0.25, -0.2) is 8.42 Å². The highest BCUT2D eigenvalue weighted by molar-refractivity contribution is 14.0. The fourth-order valence-electron chi connectivity index (χ4n) is 3.52. The SMILES string of the molecule is CCCC(O)(CCC)CN=C(NCC)NCC1CCN(S(=O)(=O)C(F)(F)F)CC1.I. The van der Waals surface area contributed by atoms with E-state index in [1.165, 1.54) is 0 Å². The van der Waals surface area contributed by atoms with Crippen LogP contribution in [0.1, 0.15) is 59.3 Å². The molecular weight excluding hydrogens is 536 g/mol. The Hall–Kier alpha value is -0.340. The average Bonchev–Trinajstić information content (AvgIpc) is 2.64. The molecule has 180 valence electrons. The maximum Gasteiger partial charge on any atom is 0.511 e. The minimum atomic E-state index is -5.25. The lowest BCUT2D eigenvalue weighted by molar-refractivity contribution is -0.0496. The van der Waals surface area contributed by atoms with Gasteiger partial charge in [-0.15, -0.1) is 24.0 Å². The molecule has 0 aromatic carbocycles. The lowest BCUT2D eigenvalue weighted by atomic mass is 9.93. The summed E-state index contributed by atoms with van der Waals surface area (Å²) in [5.41, 5.74) is -6.10. The number of sulfonamides is 1. The number of nitrogens with one attached hydrogen (secondary N) is 2. The molecule has 0 bridgehead atoms. The summed E-state index contributed by atoms with van der Waals surface area (Å²) in [5, 5.41) is 17.0. The van der Waals surface area contributed by atoms with Crippen molar-refractivity contribution in [3.8, 4) is 0 Å². The fraction of sp³-hybridized carbons (Fsp3) is 0.944. The van der Waals surface area contributed by atoms with Crippen molar-refractivity contribution in [1.82, 2.24) is 14.9 Å². The van der Waals surface area contributed by atoms with Gasteiger partial charge in [-0.2, -0.15) is 17.5 Å². The monoisotopic (exact) mass is 572 g/mol. The van der Waals surface area contributed by atoms with Crippen molar-refractivity contribution in [1.29, 1.82) is 0 Å². The first-order chi connectivity index (χ1) is 13.5. The van der Waals surface area contributed by atoms with E-state index in [9.17, 15) is 26.7 Å². The van der Waals surface area contributed by atoms with Gasteiger partial charge in [-0.1, -0.05) is 26.7 Å². The highest BCUT2D eigenvalue weighted by Gasteiger charge is 2.50. The van der Waals surface area contributed by atoms with Crippen molar-refractivity contribution >= 4 is 40.0 Å². The van der Waals surface area contributed by atoms with E-state index in [0.717, 1.165) is 12.8 Å². The molecule has 7 nitrogen and oxygen atoms in total. The van der Waals surface area contributed by atoms with Gasteiger partial charge in [0, 0.05) is 26.2 Å². The molecule has 0 spiro atoms. The summed E-state index contributed by atoms with van der Waals surface area (Å²) in [6.45, 7) is 7.04. The van der Waals surface area contributed by atoms with Gasteiger partial charge in [0.05, 0.1) is 12.1 Å². The zero-order valence-corrected chi connectivity index (χ0v) is 21.1. The number of halogens is 4. The molecule has 1 fully saturated rings. The van der Waals surface area contributed by atoms with E-state index in [1.54, 1.807) is 0 Å². The molecule has 0 unspecified atom stereocenters. The topological polar surface area (TPSA) is 94.0 Å². The fourth-order valence-corrected chi connectivity index (χ4v) is 4.51. The summed E-state index contributed by atoms with van der Waals surface area (Å²) in [4.78, 5) is 4.48. The summed E-state index contributed by atoms with van der Waals surface area (Å²) in [6, 6.07) is 0. The zero-order chi connectivity index (χ0) is 22.1. The minimum Gasteiger partial charge on any atom is -0.388 e. The van der Waals surface area contributed by atoms with E-state index in [2.05, 4.69) is 15.6 Å². The first kappa shape index (κ1) is 29.7. The number of alkyl halides is 3. The number of guanidine groups is 1. The number of nitrogens with zero attached hydrogens (tertiary/aromatic N) is 2. The normalized spacial score (nSPS) is 17.5. The summed E-state index contributed by atoms with van der Waals surface area (Å²) >= 11 is 0. The molecule has 1 aliphatic heterocycles. The van der Waals surface area contributed by atoms with Gasteiger partial charge in [0.25, 0.3) is 0 Å². The van der Waals surface area contributed by atoms with E-state index in [0.29, 0.717) is 49.0 Å². The number of rotatable bonds is 10. The molecule has 0 aromatic heterocycles. The summed E-state index contributed by atoms with van der Waals surface area (Å²) in [6.07, 6.45) is 3.73. The number of aliphatic hydroxyl groups is 1. The summed E-state index contributed by atoms with van der Waals surface area (Å²) in [5.74, 6) is 0.590. The Morgan fingerprint density at radius 3 is 2.07 bits per heavy atom. The highest BCUT2D eigenvalue weighted by Crippen LogP contribution is 2.30. The Labute approximate surface area is 195 Å². The second-order valence-electron chi connectivity index (χ2n) is 7.59. The van der Waals surface area contributed by atoms with Crippen LogP contribution >= 0.6 is 24.0 Å². The molecule has 30 heavy (non-hydrogen) atoms. The van der Waals surface area contributed by atoms with Gasteiger partial charge in [-0.05, 0) is 38.5 Å². The van der Waals surface area contributed by atoms with Gasteiger partial charge in [0.1, 0.15) is 0 Å². The molecule has 0 aliphatic carbocycles. The molecule has 1 heterocycles. The van der Waals surface area contributed by atoms with Crippen molar-refractivity contribution in [2.45, 2.75) is 70.4 Å². The maximum absolute atomic E-state index is 12.7. The Balaban J connectivity index is 0.00000841. The Bertz CT molecular complexity index is 619. The second-order valence-corrected chi connectivity index (χ2v) is 9.52. The van der Waals surface area contributed by atoms with E-state index in [4.69, 9.17) is 0 Å². The third-order valence-electron chi connectivity index (χ3n) is 5.07. The van der Waals surface area contributed by atoms with Gasteiger partial charge >= 0.3 is 15.5 Å². The lowest BCUT2D eigenvalue weighted by Crippen LogP contribution is -2.47. The van der Waals surface area contributed by atoms with E-state index >= 15 is 0 Å². The molecule has 0 saturated carbocycles. The standard InChI is InChI=1S/C18H35F3N4O3S.HI/c1-4-9-17(26,10-5-2)14-24-16(22-6-3)23-13-15-7-11-25(12-8-15)29(27,28)18(19,20)21;/h15,26H,4-14H2,1-3H3,(H2,22,23,24);1H. The Kier molecular flexibility index (Phi) is 13.1. The maximum atomic E-state index is 12.7. The Morgan fingerprint density at radius 1 is 1.10 bits per heavy atom. The molecule has 1 aliphatic rings. The van der Waals surface area contributed by atoms with E-state index < -0.39 is 21.1 Å². The first-order valence-corrected chi connectivity index (χ1v) is 11.7. The third-order valence-corrected chi connectivity index (χ3v) is 6.70. The molecular formula is C18H36F3IN4O3S.